The number of thiophene rings is 1. The number of rotatable bonds is 5. The van der Waals surface area contributed by atoms with Crippen molar-refractivity contribution >= 4 is 52.3 Å². The van der Waals surface area contributed by atoms with E-state index < -0.39 is 30.0 Å². The minimum atomic E-state index is -0.622. The van der Waals surface area contributed by atoms with Crippen LogP contribution in [0.5, 0.6) is 0 Å². The van der Waals surface area contributed by atoms with Gasteiger partial charge in [-0.1, -0.05) is 23.7 Å². The first-order chi connectivity index (χ1) is 16.8. The van der Waals surface area contributed by atoms with Crippen LogP contribution in [0.15, 0.2) is 54.6 Å². The fourth-order valence-electron chi connectivity index (χ4n) is 3.65. The van der Waals surface area contributed by atoms with E-state index in [1.807, 2.05) is 0 Å². The Morgan fingerprint density at radius 3 is 2.49 bits per heavy atom. The van der Waals surface area contributed by atoms with Crippen molar-refractivity contribution < 1.29 is 23.5 Å². The Kier molecular flexibility index (Phi) is 7.52. The first-order valence-corrected chi connectivity index (χ1v) is 12.0. The van der Waals surface area contributed by atoms with Crippen molar-refractivity contribution in [2.75, 3.05) is 23.7 Å². The van der Waals surface area contributed by atoms with E-state index in [1.54, 1.807) is 30.3 Å². The summed E-state index contributed by atoms with van der Waals surface area (Å²) in [5.74, 6) is -1.05. The third-order valence-corrected chi connectivity index (χ3v) is 6.78. The number of anilines is 2. The van der Waals surface area contributed by atoms with Crippen LogP contribution in [-0.2, 0) is 4.74 Å². The molecule has 0 bridgehead atoms. The maximum absolute atomic E-state index is 13.1. The Balaban J connectivity index is 1.55. The average molecular weight is 517 g/mol. The van der Waals surface area contributed by atoms with Crippen molar-refractivity contribution in [1.82, 2.24) is 4.90 Å². The highest BCUT2D eigenvalue weighted by atomic mass is 35.5. The van der Waals surface area contributed by atoms with Gasteiger partial charge >= 0.3 is 18.0 Å². The summed E-state index contributed by atoms with van der Waals surface area (Å²) in [6.07, 6.45) is 0.747. The normalized spacial score (nSPS) is 15.4. The van der Waals surface area contributed by atoms with E-state index in [-0.39, 0.29) is 17.1 Å². The lowest BCUT2D eigenvalue weighted by Gasteiger charge is -2.31. The van der Waals surface area contributed by atoms with Crippen LogP contribution in [0, 0.1) is 5.82 Å². The van der Waals surface area contributed by atoms with Crippen LogP contribution in [0.4, 0.5) is 25.4 Å². The molecule has 4 N–H and O–H groups in total. The Labute approximate surface area is 209 Å². The minimum Gasteiger partial charge on any atom is -0.456 e. The zero-order valence-corrected chi connectivity index (χ0v) is 20.0. The van der Waals surface area contributed by atoms with Gasteiger partial charge in [-0.15, -0.1) is 11.3 Å². The number of piperidine rings is 1. The molecule has 1 saturated heterocycles. The molecule has 35 heavy (non-hydrogen) atoms. The zero-order valence-electron chi connectivity index (χ0n) is 18.4. The second-order valence-electron chi connectivity index (χ2n) is 7.90. The predicted octanol–water partition coefficient (Wildman–Crippen LogP) is 5.55. The molecule has 0 spiro atoms. The lowest BCUT2D eigenvalue weighted by Crippen LogP contribution is -2.46. The Morgan fingerprint density at radius 2 is 1.80 bits per heavy atom. The fourth-order valence-corrected chi connectivity index (χ4v) is 4.78. The molecule has 1 aromatic heterocycles. The second-order valence-corrected chi connectivity index (χ2v) is 9.39. The summed E-state index contributed by atoms with van der Waals surface area (Å²) in [5.41, 5.74) is 6.81. The summed E-state index contributed by atoms with van der Waals surface area (Å²) in [5, 5.41) is 5.84. The van der Waals surface area contributed by atoms with Crippen molar-refractivity contribution in [2.45, 2.75) is 18.9 Å². The van der Waals surface area contributed by atoms with Crippen LogP contribution >= 0.6 is 22.9 Å². The molecule has 0 radical (unpaired) electrons. The molecule has 1 atom stereocenters. The van der Waals surface area contributed by atoms with Crippen LogP contribution in [0.3, 0.4) is 0 Å². The Morgan fingerprint density at radius 1 is 1.09 bits per heavy atom. The van der Waals surface area contributed by atoms with Crippen molar-refractivity contribution in [3.63, 3.8) is 0 Å². The molecule has 1 aliphatic rings. The number of esters is 1. The van der Waals surface area contributed by atoms with E-state index in [4.69, 9.17) is 22.1 Å². The smallest absolute Gasteiger partial charge is 0.350 e. The number of nitrogens with one attached hydrogen (secondary N) is 2. The van der Waals surface area contributed by atoms with Gasteiger partial charge in [0.1, 0.15) is 16.8 Å². The molecule has 8 nitrogen and oxygen atoms in total. The number of hydrogen-bond acceptors (Lipinski definition) is 5. The van der Waals surface area contributed by atoms with Gasteiger partial charge in [0.25, 0.3) is 0 Å². The molecule has 2 aromatic carbocycles. The number of nitrogens with zero attached hydrogens (tertiary/aromatic N) is 1. The van der Waals surface area contributed by atoms with Gasteiger partial charge in [0.15, 0.2) is 0 Å². The molecule has 1 unspecified atom stereocenters. The summed E-state index contributed by atoms with van der Waals surface area (Å²) < 4.78 is 18.8. The molecule has 0 saturated carbocycles. The summed E-state index contributed by atoms with van der Waals surface area (Å²) >= 11 is 7.15. The molecule has 1 aliphatic heterocycles. The highest BCUT2D eigenvalue weighted by Crippen LogP contribution is 2.36. The van der Waals surface area contributed by atoms with Gasteiger partial charge in [-0.3, -0.25) is 0 Å². The van der Waals surface area contributed by atoms with Gasteiger partial charge in [0.05, 0.1) is 12.2 Å². The monoisotopic (exact) mass is 516 g/mol. The number of benzene rings is 2. The molecule has 2 heterocycles. The standard InChI is InChI=1S/C24H22ClFN4O4S/c25-15-5-3-14(4-6-15)20-12-19(29-24(33)28-17-9-7-16(26)8-10-17)21(35-20)22(31)34-18-2-1-11-30(13-18)23(27)32/h3-10,12,18H,1-2,11,13H2,(H2,27,32)(H2,28,29,33). The first-order valence-electron chi connectivity index (χ1n) is 10.8. The number of amides is 4. The number of carbonyl (C=O) groups is 3. The summed E-state index contributed by atoms with van der Waals surface area (Å²) in [7, 11) is 0. The molecular weight excluding hydrogens is 495 g/mol. The zero-order chi connectivity index (χ0) is 24.9. The van der Waals surface area contributed by atoms with Gasteiger partial charge in [-0.05, 0) is 60.9 Å². The molecule has 4 rings (SSSR count). The van der Waals surface area contributed by atoms with Crippen LogP contribution in [0.1, 0.15) is 22.5 Å². The van der Waals surface area contributed by atoms with Gasteiger partial charge in [0.2, 0.25) is 0 Å². The van der Waals surface area contributed by atoms with Gasteiger partial charge in [-0.25, -0.2) is 18.8 Å². The van der Waals surface area contributed by atoms with Crippen LogP contribution in [-0.4, -0.2) is 42.1 Å². The lowest BCUT2D eigenvalue weighted by molar-refractivity contribution is 0.0134. The van der Waals surface area contributed by atoms with Crippen molar-refractivity contribution in [1.29, 1.82) is 0 Å². The molecule has 1 fully saturated rings. The number of halogens is 2. The van der Waals surface area contributed by atoms with Gasteiger partial charge in [-0.2, -0.15) is 0 Å². The maximum Gasteiger partial charge on any atom is 0.350 e. The van der Waals surface area contributed by atoms with E-state index >= 15 is 0 Å². The molecule has 182 valence electrons. The Hall–Kier alpha value is -3.63. The second kappa shape index (κ2) is 10.7. The minimum absolute atomic E-state index is 0.195. The van der Waals surface area contributed by atoms with Gasteiger partial charge in [0, 0.05) is 22.1 Å². The maximum atomic E-state index is 13.1. The van der Waals surface area contributed by atoms with Crippen molar-refractivity contribution in [3.8, 4) is 10.4 Å². The number of likely N-dealkylation sites (tertiary alicyclic amines) is 1. The quantitative estimate of drug-likeness (QED) is 0.386. The predicted molar refractivity (Wildman–Crippen MR) is 133 cm³/mol. The van der Waals surface area contributed by atoms with E-state index in [0.29, 0.717) is 35.0 Å². The molecule has 3 aromatic rings. The number of carbonyl (C=O) groups excluding carboxylic acids is 3. The highest BCUT2D eigenvalue weighted by molar-refractivity contribution is 7.18. The van der Waals surface area contributed by atoms with Crippen molar-refractivity contribution in [2.24, 2.45) is 5.73 Å². The highest BCUT2D eigenvalue weighted by Gasteiger charge is 2.28. The summed E-state index contributed by atoms with van der Waals surface area (Å²) in [6, 6.07) is 12.8. The number of nitrogens with two attached hydrogens (primary N) is 1. The summed E-state index contributed by atoms with van der Waals surface area (Å²) in [6.45, 7) is 0.726. The van der Waals surface area contributed by atoms with Crippen LogP contribution in [0.2, 0.25) is 5.02 Å². The third kappa shape index (κ3) is 6.28. The van der Waals surface area contributed by atoms with Crippen molar-refractivity contribution in [3.05, 3.63) is 70.3 Å². The number of ether oxygens (including phenoxy) is 1. The van der Waals surface area contributed by atoms with Crippen LogP contribution in [0.25, 0.3) is 10.4 Å². The molecule has 11 heteroatoms. The molecule has 0 aliphatic carbocycles. The molecular formula is C24H22ClFN4O4S. The van der Waals surface area contributed by atoms with E-state index in [1.165, 1.54) is 29.2 Å². The largest absolute Gasteiger partial charge is 0.456 e. The Bertz CT molecular complexity index is 1230. The van der Waals surface area contributed by atoms with E-state index in [0.717, 1.165) is 16.9 Å². The number of urea groups is 2. The number of primary amides is 1. The third-order valence-electron chi connectivity index (χ3n) is 5.36. The van der Waals surface area contributed by atoms with Gasteiger partial charge < -0.3 is 26.0 Å². The van der Waals surface area contributed by atoms with E-state index in [9.17, 15) is 18.8 Å². The van der Waals surface area contributed by atoms with Crippen LogP contribution < -0.4 is 16.4 Å². The first kappa shape index (κ1) is 24.5. The topological polar surface area (TPSA) is 114 Å². The SMILES string of the molecule is NC(=O)N1CCCC(OC(=O)c2sc(-c3ccc(Cl)cc3)cc2NC(=O)Nc2ccc(F)cc2)C1. The lowest BCUT2D eigenvalue weighted by atomic mass is 10.1. The molecule has 4 amide bonds. The fraction of sp³-hybridized carbons (Fsp3) is 0.208. The number of hydrogen-bond donors (Lipinski definition) is 3. The summed E-state index contributed by atoms with van der Waals surface area (Å²) in [4.78, 5) is 39.6. The van der Waals surface area contributed by atoms with E-state index in [2.05, 4.69) is 10.6 Å². The average Bonchev–Trinajstić information content (AvgIpc) is 3.25.